The number of hydrogen-bond acceptors (Lipinski definition) is 2. The number of nitrogens with zero attached hydrogens (tertiary/aromatic N) is 2. The number of aryl methyl sites for hydroxylation is 1. The fraction of sp³-hybridized carbons (Fsp3) is 0.357. The zero-order valence-corrected chi connectivity index (χ0v) is 11.8. The molecule has 0 radical (unpaired) electrons. The zero-order chi connectivity index (χ0) is 13.8. The Balaban J connectivity index is 2.44. The number of hydrogen-bond donors (Lipinski definition) is 1. The Hall–Kier alpha value is -1.39. The van der Waals surface area contributed by atoms with Crippen LogP contribution >= 0.6 is 11.6 Å². The van der Waals surface area contributed by atoms with Gasteiger partial charge in [0.15, 0.2) is 0 Å². The van der Waals surface area contributed by atoms with Crippen molar-refractivity contribution < 1.29 is 4.39 Å². The van der Waals surface area contributed by atoms with Crippen molar-refractivity contribution >= 4 is 11.6 Å². The number of benzene rings is 1. The van der Waals surface area contributed by atoms with Crippen LogP contribution in [0.3, 0.4) is 0 Å². The largest absolute Gasteiger partial charge is 0.308 e. The second kappa shape index (κ2) is 6.17. The SMILES string of the molecule is CCCn1nccc1C(NC)c1cccc(F)c1Cl. The third kappa shape index (κ3) is 2.80. The predicted octanol–water partition coefficient (Wildman–Crippen LogP) is 3.39. The van der Waals surface area contributed by atoms with Crippen LogP contribution in [-0.4, -0.2) is 16.8 Å². The van der Waals surface area contributed by atoms with Crippen molar-refractivity contribution in [3.05, 3.63) is 52.6 Å². The minimum atomic E-state index is -0.402. The third-order valence-electron chi connectivity index (χ3n) is 3.06. The van der Waals surface area contributed by atoms with Crippen LogP contribution in [0.15, 0.2) is 30.5 Å². The van der Waals surface area contributed by atoms with E-state index in [2.05, 4.69) is 17.3 Å². The normalized spacial score (nSPS) is 12.6. The lowest BCUT2D eigenvalue weighted by Gasteiger charge is -2.19. The van der Waals surface area contributed by atoms with Crippen LogP contribution < -0.4 is 5.32 Å². The Bertz CT molecular complexity index is 553. The van der Waals surface area contributed by atoms with Crippen LogP contribution in [0.1, 0.15) is 30.6 Å². The Morgan fingerprint density at radius 2 is 2.21 bits per heavy atom. The Morgan fingerprint density at radius 1 is 1.42 bits per heavy atom. The molecule has 0 spiro atoms. The number of nitrogens with one attached hydrogen (secondary N) is 1. The van der Waals surface area contributed by atoms with Crippen molar-refractivity contribution in [2.45, 2.75) is 25.9 Å². The fourth-order valence-corrected chi connectivity index (χ4v) is 2.43. The van der Waals surface area contributed by atoms with E-state index in [0.717, 1.165) is 24.2 Å². The summed E-state index contributed by atoms with van der Waals surface area (Å²) < 4.78 is 15.5. The van der Waals surface area contributed by atoms with E-state index >= 15 is 0 Å². The van der Waals surface area contributed by atoms with E-state index in [9.17, 15) is 4.39 Å². The summed E-state index contributed by atoms with van der Waals surface area (Å²) in [4.78, 5) is 0. The van der Waals surface area contributed by atoms with Gasteiger partial charge in [-0.25, -0.2) is 4.39 Å². The molecule has 0 bridgehead atoms. The lowest BCUT2D eigenvalue weighted by atomic mass is 10.0. The molecule has 0 aliphatic heterocycles. The number of rotatable bonds is 5. The molecule has 2 aromatic rings. The summed E-state index contributed by atoms with van der Waals surface area (Å²) in [5.41, 5.74) is 1.71. The molecule has 1 N–H and O–H groups in total. The van der Waals surface area contributed by atoms with E-state index in [4.69, 9.17) is 11.6 Å². The molecule has 0 saturated heterocycles. The van der Waals surface area contributed by atoms with Gasteiger partial charge >= 0.3 is 0 Å². The Kier molecular flexibility index (Phi) is 4.56. The van der Waals surface area contributed by atoms with E-state index < -0.39 is 5.82 Å². The molecule has 1 unspecified atom stereocenters. The summed E-state index contributed by atoms with van der Waals surface area (Å²) in [5.74, 6) is -0.402. The van der Waals surface area contributed by atoms with Crippen LogP contribution in [0.2, 0.25) is 5.02 Å². The van der Waals surface area contributed by atoms with E-state index in [1.807, 2.05) is 23.9 Å². The van der Waals surface area contributed by atoms with Crippen molar-refractivity contribution in [2.75, 3.05) is 7.05 Å². The molecule has 0 saturated carbocycles. The van der Waals surface area contributed by atoms with Crippen LogP contribution in [0, 0.1) is 5.82 Å². The lowest BCUT2D eigenvalue weighted by Crippen LogP contribution is -2.22. The van der Waals surface area contributed by atoms with Gasteiger partial charge in [-0.3, -0.25) is 4.68 Å². The second-order valence-electron chi connectivity index (χ2n) is 4.34. The molecule has 102 valence electrons. The molecule has 1 atom stereocenters. The molecule has 5 heteroatoms. The fourth-order valence-electron chi connectivity index (χ4n) is 2.19. The molecule has 2 rings (SSSR count). The van der Waals surface area contributed by atoms with Gasteiger partial charge in [-0.2, -0.15) is 5.10 Å². The van der Waals surface area contributed by atoms with Crippen molar-refractivity contribution in [2.24, 2.45) is 0 Å². The van der Waals surface area contributed by atoms with Gasteiger partial charge in [0.05, 0.1) is 16.8 Å². The van der Waals surface area contributed by atoms with Gasteiger partial charge in [-0.15, -0.1) is 0 Å². The molecule has 1 aromatic carbocycles. The molecular formula is C14H17ClFN3. The molecule has 0 amide bonds. The Labute approximate surface area is 117 Å². The summed E-state index contributed by atoms with van der Waals surface area (Å²) in [6.07, 6.45) is 2.74. The maximum absolute atomic E-state index is 13.6. The molecule has 3 nitrogen and oxygen atoms in total. The van der Waals surface area contributed by atoms with Gasteiger partial charge in [0, 0.05) is 12.7 Å². The van der Waals surface area contributed by atoms with Crippen molar-refractivity contribution in [3.8, 4) is 0 Å². The van der Waals surface area contributed by atoms with Crippen LogP contribution in [0.4, 0.5) is 4.39 Å². The highest BCUT2D eigenvalue weighted by Crippen LogP contribution is 2.29. The van der Waals surface area contributed by atoms with Crippen LogP contribution in [-0.2, 0) is 6.54 Å². The average Bonchev–Trinajstić information content (AvgIpc) is 2.84. The van der Waals surface area contributed by atoms with Gasteiger partial charge < -0.3 is 5.32 Å². The van der Waals surface area contributed by atoms with E-state index in [-0.39, 0.29) is 11.1 Å². The molecule has 0 fully saturated rings. The highest BCUT2D eigenvalue weighted by Gasteiger charge is 2.20. The van der Waals surface area contributed by atoms with E-state index in [0.29, 0.717) is 0 Å². The Morgan fingerprint density at radius 3 is 2.89 bits per heavy atom. The molecular weight excluding hydrogens is 265 g/mol. The van der Waals surface area contributed by atoms with E-state index in [1.54, 1.807) is 12.3 Å². The highest BCUT2D eigenvalue weighted by atomic mass is 35.5. The van der Waals surface area contributed by atoms with E-state index in [1.165, 1.54) is 6.07 Å². The van der Waals surface area contributed by atoms with Gasteiger partial charge in [0.2, 0.25) is 0 Å². The summed E-state index contributed by atoms with van der Waals surface area (Å²) in [6, 6.07) is 6.62. The summed E-state index contributed by atoms with van der Waals surface area (Å²) in [6.45, 7) is 2.92. The first-order valence-electron chi connectivity index (χ1n) is 6.32. The standard InChI is InChI=1S/C14H17ClFN3/c1-3-9-19-12(7-8-18-19)14(17-2)10-5-4-6-11(16)13(10)15/h4-8,14,17H,3,9H2,1-2H3. The first-order chi connectivity index (χ1) is 9.19. The predicted molar refractivity (Wildman–Crippen MR) is 74.8 cm³/mol. The van der Waals surface area contributed by atoms with Crippen molar-refractivity contribution in [1.29, 1.82) is 0 Å². The molecule has 0 aliphatic carbocycles. The van der Waals surface area contributed by atoms with Crippen LogP contribution in [0.25, 0.3) is 0 Å². The third-order valence-corrected chi connectivity index (χ3v) is 3.46. The quantitative estimate of drug-likeness (QED) is 0.910. The molecule has 19 heavy (non-hydrogen) atoms. The first kappa shape index (κ1) is 14.0. The molecule has 1 aromatic heterocycles. The lowest BCUT2D eigenvalue weighted by molar-refractivity contribution is 0.532. The topological polar surface area (TPSA) is 29.9 Å². The monoisotopic (exact) mass is 281 g/mol. The smallest absolute Gasteiger partial charge is 0.142 e. The minimum Gasteiger partial charge on any atom is -0.308 e. The summed E-state index contributed by atoms with van der Waals surface area (Å²) >= 11 is 6.07. The van der Waals surface area contributed by atoms with Gasteiger partial charge in [-0.05, 0) is 31.2 Å². The first-order valence-corrected chi connectivity index (χ1v) is 6.69. The van der Waals surface area contributed by atoms with Crippen molar-refractivity contribution in [1.82, 2.24) is 15.1 Å². The zero-order valence-electron chi connectivity index (χ0n) is 11.0. The van der Waals surface area contributed by atoms with Crippen molar-refractivity contribution in [3.63, 3.8) is 0 Å². The average molecular weight is 282 g/mol. The number of halogens is 2. The molecule has 0 aliphatic rings. The highest BCUT2D eigenvalue weighted by molar-refractivity contribution is 6.31. The minimum absolute atomic E-state index is 0.158. The summed E-state index contributed by atoms with van der Waals surface area (Å²) in [7, 11) is 1.83. The number of aromatic nitrogens is 2. The molecule has 1 heterocycles. The maximum Gasteiger partial charge on any atom is 0.142 e. The van der Waals surface area contributed by atoms with Gasteiger partial charge in [0.25, 0.3) is 0 Å². The van der Waals surface area contributed by atoms with Crippen LogP contribution in [0.5, 0.6) is 0 Å². The summed E-state index contributed by atoms with van der Waals surface area (Å²) in [5, 5.41) is 7.63. The van der Waals surface area contributed by atoms with Gasteiger partial charge in [-0.1, -0.05) is 30.7 Å². The second-order valence-corrected chi connectivity index (χ2v) is 4.72. The maximum atomic E-state index is 13.6. The van der Waals surface area contributed by atoms with Gasteiger partial charge in [0.1, 0.15) is 5.82 Å².